The predicted molar refractivity (Wildman–Crippen MR) is 553 cm³/mol. The van der Waals surface area contributed by atoms with Crippen LogP contribution < -0.4 is 9.80 Å². The van der Waals surface area contributed by atoms with Crippen LogP contribution in [0.4, 0.5) is 34.1 Å². The molecule has 0 atom stereocenters. The fourth-order valence-corrected chi connectivity index (χ4v) is 20.0. The first-order valence-corrected chi connectivity index (χ1v) is 44.7. The highest BCUT2D eigenvalue weighted by molar-refractivity contribution is 6.13. The first-order valence-electron chi connectivity index (χ1n) is 44.7. The van der Waals surface area contributed by atoms with Gasteiger partial charge in [0.15, 0.2) is 0 Å². The van der Waals surface area contributed by atoms with Crippen molar-refractivity contribution < 1.29 is 0 Å². The summed E-state index contributed by atoms with van der Waals surface area (Å²) in [7, 11) is 0. The van der Waals surface area contributed by atoms with Gasteiger partial charge in [-0.1, -0.05) is 330 Å². The Morgan fingerprint density at radius 3 is 0.854 bits per heavy atom. The van der Waals surface area contributed by atoms with Gasteiger partial charge in [-0.2, -0.15) is 0 Å². The van der Waals surface area contributed by atoms with Gasteiger partial charge in [0, 0.05) is 88.9 Å². The molecular formula is C125H89N5. The molecule has 0 amide bonds. The van der Waals surface area contributed by atoms with E-state index in [0.717, 1.165) is 50.9 Å². The Balaban J connectivity index is 0.000000149. The molecule has 0 radical (unpaired) electrons. The maximum Gasteiger partial charge on any atom is 0.0541 e. The SMILES string of the molecule is C=Cc1ccc(-c2ccc(N(c3ccc(-c4ccc5c(c4)c4ccccc4n5-c4ccccc4)cc3)c3ccc4cc(-c5ccc6c(c5)c5ccccc5n6-c5ccccc5)ccc4c3)cc2)cc1.C=Cc1ccc(-c2ccc(N(c3ccc(-c4ccccc4)cc3)c3ccc4c(c3)C(C)(C)c3cc(-c5ccc6c(c5)c5ccccc5n6-c5ccccc5)ccc3-4)cc2)cc1. The third kappa shape index (κ3) is 13.9. The molecule has 20 aromatic carbocycles. The average molecular weight is 1660 g/mol. The van der Waals surface area contributed by atoms with Gasteiger partial charge in [-0.25, -0.2) is 0 Å². The smallest absolute Gasteiger partial charge is 0.0541 e. The zero-order chi connectivity index (χ0) is 86.9. The van der Waals surface area contributed by atoms with Crippen LogP contribution in [0.2, 0.25) is 0 Å². The molecule has 1 aliphatic rings. The van der Waals surface area contributed by atoms with E-state index in [9.17, 15) is 0 Å². The molecule has 3 aromatic heterocycles. The molecule has 0 aliphatic heterocycles. The zero-order valence-corrected chi connectivity index (χ0v) is 72.3. The second kappa shape index (κ2) is 32.6. The summed E-state index contributed by atoms with van der Waals surface area (Å²) in [6, 6.07) is 170. The van der Waals surface area contributed by atoms with Crippen molar-refractivity contribution in [3.05, 3.63) is 503 Å². The first-order chi connectivity index (χ1) is 64.1. The van der Waals surface area contributed by atoms with Gasteiger partial charge in [0.1, 0.15) is 0 Å². The Morgan fingerprint density at radius 2 is 0.454 bits per heavy atom. The summed E-state index contributed by atoms with van der Waals surface area (Å²) in [5, 5.41) is 9.90. The summed E-state index contributed by atoms with van der Waals surface area (Å²) in [5.41, 5.74) is 39.0. The standard InChI is InChI=1S/C66H45N3.C59H44N2/c1-2-45-21-23-46(24-22-45)47-27-34-56(35-28-47)67(57-36-29-48(30-37-57)52-32-39-65-61(43-52)59-17-9-11-19-63(59)68(65)54-13-5-3-6-14-54)58-38-31-50-41-49(25-26-51(50)42-58)53-33-40-66-62(44-53)60-18-10-12-20-64(60)69(66)55-15-7-4-8-16-55;1-4-40-19-21-42(22-20-40)44-25-31-49(32-26-44)60(48-29-23-43(24-30-48)41-13-7-5-8-14-41)50-33-35-52-51-34-27-46(38-55(51)59(2,3)56(52)39-50)45-28-36-58-54(37-45)53-17-11-12-18-57(53)61(58)47-15-9-6-10-16-47/h2-44H,1H2;4-39H,1H2,2-3H3. The Hall–Kier alpha value is -16.9. The third-order valence-electron chi connectivity index (χ3n) is 26.6. The van der Waals surface area contributed by atoms with E-state index < -0.39 is 0 Å². The number of rotatable bonds is 17. The number of nitrogens with zero attached hydrogens (tertiary/aromatic N) is 5. The van der Waals surface area contributed by atoms with E-state index in [1.807, 2.05) is 12.2 Å². The second-order valence-corrected chi connectivity index (χ2v) is 34.5. The molecule has 0 fully saturated rings. The quantitative estimate of drug-likeness (QED) is 0.0906. The molecule has 23 aromatic rings. The zero-order valence-electron chi connectivity index (χ0n) is 72.3. The molecule has 24 rings (SSSR count). The monoisotopic (exact) mass is 1660 g/mol. The third-order valence-corrected chi connectivity index (χ3v) is 26.6. The topological polar surface area (TPSA) is 21.3 Å². The maximum absolute atomic E-state index is 3.94. The normalized spacial score (nSPS) is 12.0. The first kappa shape index (κ1) is 77.9. The molecule has 0 saturated carbocycles. The van der Waals surface area contributed by atoms with E-state index in [2.05, 4.69) is 518 Å². The molecule has 0 N–H and O–H groups in total. The molecule has 0 saturated heterocycles. The Kier molecular flexibility index (Phi) is 19.5. The van der Waals surface area contributed by atoms with E-state index in [-0.39, 0.29) is 5.41 Å². The molecular weight excluding hydrogens is 1570 g/mol. The van der Waals surface area contributed by atoms with Gasteiger partial charge >= 0.3 is 0 Å². The number of fused-ring (bicyclic) bond motifs is 13. The molecule has 130 heavy (non-hydrogen) atoms. The minimum absolute atomic E-state index is 0.214. The Bertz CT molecular complexity index is 8270. The molecule has 1 aliphatic carbocycles. The lowest BCUT2D eigenvalue weighted by Crippen LogP contribution is -2.16. The lowest BCUT2D eigenvalue weighted by atomic mass is 9.81. The van der Waals surface area contributed by atoms with Crippen molar-refractivity contribution in [2.24, 2.45) is 0 Å². The summed E-state index contributed by atoms with van der Waals surface area (Å²) in [6.07, 6.45) is 3.77. The van der Waals surface area contributed by atoms with Gasteiger partial charge in [-0.15, -0.1) is 0 Å². The highest BCUT2D eigenvalue weighted by atomic mass is 15.1. The fraction of sp³-hybridized carbons (Fsp3) is 0.0240. The number of benzene rings is 20. The van der Waals surface area contributed by atoms with Gasteiger partial charge in [0.2, 0.25) is 0 Å². The van der Waals surface area contributed by atoms with Crippen LogP contribution >= 0.6 is 0 Å². The fourth-order valence-electron chi connectivity index (χ4n) is 20.0. The molecule has 5 heteroatoms. The van der Waals surface area contributed by atoms with Crippen LogP contribution in [-0.2, 0) is 5.41 Å². The summed E-state index contributed by atoms with van der Waals surface area (Å²) >= 11 is 0. The van der Waals surface area contributed by atoms with Crippen molar-refractivity contribution in [3.8, 4) is 95.0 Å². The molecule has 0 bridgehead atoms. The summed E-state index contributed by atoms with van der Waals surface area (Å²) < 4.78 is 7.12. The van der Waals surface area contributed by atoms with Crippen LogP contribution in [0.3, 0.4) is 0 Å². The summed E-state index contributed by atoms with van der Waals surface area (Å²) in [6.45, 7) is 12.6. The molecule has 0 spiro atoms. The maximum atomic E-state index is 3.94. The average Bonchev–Trinajstić information content (AvgIpc) is 1.57. The lowest BCUT2D eigenvalue weighted by molar-refractivity contribution is 0.660. The van der Waals surface area contributed by atoms with E-state index >= 15 is 0 Å². The largest absolute Gasteiger partial charge is 0.310 e. The Labute approximate surface area is 757 Å². The van der Waals surface area contributed by atoms with E-state index in [1.54, 1.807) is 0 Å². The van der Waals surface area contributed by atoms with E-state index in [0.29, 0.717) is 0 Å². The van der Waals surface area contributed by atoms with Gasteiger partial charge in [-0.05, 0) is 287 Å². The van der Waals surface area contributed by atoms with Gasteiger partial charge < -0.3 is 23.5 Å². The van der Waals surface area contributed by atoms with Crippen LogP contribution in [-0.4, -0.2) is 13.7 Å². The van der Waals surface area contributed by atoms with Gasteiger partial charge in [0.05, 0.1) is 33.1 Å². The Morgan fingerprint density at radius 1 is 0.200 bits per heavy atom. The van der Waals surface area contributed by atoms with Crippen molar-refractivity contribution in [2.45, 2.75) is 19.3 Å². The number of para-hydroxylation sites is 6. The predicted octanol–water partition coefficient (Wildman–Crippen LogP) is 34.4. The van der Waals surface area contributed by atoms with Crippen molar-refractivity contribution in [1.82, 2.24) is 13.7 Å². The number of hydrogen-bond acceptors (Lipinski definition) is 2. The van der Waals surface area contributed by atoms with Crippen LogP contribution in [0.15, 0.2) is 480 Å². The van der Waals surface area contributed by atoms with E-state index in [1.165, 1.54) is 177 Å². The van der Waals surface area contributed by atoms with Crippen LogP contribution in [0.5, 0.6) is 0 Å². The minimum atomic E-state index is -0.214. The second-order valence-electron chi connectivity index (χ2n) is 34.5. The van der Waals surface area contributed by atoms with Crippen molar-refractivity contribution in [2.75, 3.05) is 9.80 Å². The molecule has 0 unspecified atom stereocenters. The number of hydrogen-bond donors (Lipinski definition) is 0. The molecule has 614 valence electrons. The summed E-state index contributed by atoms with van der Waals surface area (Å²) in [5.74, 6) is 0. The minimum Gasteiger partial charge on any atom is -0.310 e. The van der Waals surface area contributed by atoms with Crippen molar-refractivity contribution in [3.63, 3.8) is 0 Å². The number of aromatic nitrogens is 3. The highest BCUT2D eigenvalue weighted by Crippen LogP contribution is 2.53. The van der Waals surface area contributed by atoms with Gasteiger partial charge in [0.25, 0.3) is 0 Å². The van der Waals surface area contributed by atoms with Gasteiger partial charge in [-0.3, -0.25) is 0 Å². The van der Waals surface area contributed by atoms with Crippen LogP contribution in [0, 0.1) is 0 Å². The van der Waals surface area contributed by atoms with E-state index in [4.69, 9.17) is 0 Å². The van der Waals surface area contributed by atoms with Crippen LogP contribution in [0.1, 0.15) is 36.1 Å². The molecule has 3 heterocycles. The number of anilines is 6. The highest BCUT2D eigenvalue weighted by Gasteiger charge is 2.37. The van der Waals surface area contributed by atoms with Crippen LogP contribution in [0.25, 0.3) is 183 Å². The lowest BCUT2D eigenvalue weighted by Gasteiger charge is -2.28. The van der Waals surface area contributed by atoms with Crippen molar-refractivity contribution >= 4 is 122 Å². The summed E-state index contributed by atoms with van der Waals surface area (Å²) in [4.78, 5) is 4.76. The van der Waals surface area contributed by atoms with Crippen molar-refractivity contribution in [1.29, 1.82) is 0 Å². The molecule has 5 nitrogen and oxygen atoms in total.